The molecule has 0 saturated carbocycles. The Morgan fingerprint density at radius 1 is 1.10 bits per heavy atom. The van der Waals surface area contributed by atoms with Crippen molar-refractivity contribution in [3.05, 3.63) is 58.4 Å². The van der Waals surface area contributed by atoms with Crippen LogP contribution in [0.3, 0.4) is 0 Å². The Labute approximate surface area is 175 Å². The molecule has 6 nitrogen and oxygen atoms in total. The van der Waals surface area contributed by atoms with Gasteiger partial charge in [0.05, 0.1) is 23.0 Å². The van der Waals surface area contributed by atoms with E-state index in [1.165, 1.54) is 0 Å². The van der Waals surface area contributed by atoms with Gasteiger partial charge in [0, 0.05) is 31.5 Å². The number of hydrogen-bond acceptors (Lipinski definition) is 4. The lowest BCUT2D eigenvalue weighted by atomic mass is 9.81. The van der Waals surface area contributed by atoms with Crippen molar-refractivity contribution in [2.45, 2.75) is 45.6 Å². The van der Waals surface area contributed by atoms with E-state index in [0.717, 1.165) is 28.0 Å². The lowest BCUT2D eigenvalue weighted by Gasteiger charge is -2.44. The number of rotatable bonds is 1. The molecule has 1 spiro atoms. The highest BCUT2D eigenvalue weighted by Gasteiger charge is 2.43. The Morgan fingerprint density at radius 2 is 1.83 bits per heavy atom. The summed E-state index contributed by atoms with van der Waals surface area (Å²) in [6.07, 6.45) is 1.69. The van der Waals surface area contributed by atoms with Crippen molar-refractivity contribution in [3.63, 3.8) is 0 Å². The standard InChI is InChI=1S/C24H25N3O3/c1-14-10-18-21(28)13-24(30-22(18)11-15(14)2)6-8-27(9-7-24)23(29)17-4-5-19-20(12-17)26-16(3)25-19/h4-5,10-12H,6-9,13H2,1-3H3,(H,25,26). The second kappa shape index (κ2) is 6.69. The molecule has 0 aliphatic carbocycles. The summed E-state index contributed by atoms with van der Waals surface area (Å²) < 4.78 is 6.39. The summed E-state index contributed by atoms with van der Waals surface area (Å²) in [7, 11) is 0. The summed E-state index contributed by atoms with van der Waals surface area (Å²) in [6.45, 7) is 7.10. The van der Waals surface area contributed by atoms with E-state index >= 15 is 0 Å². The smallest absolute Gasteiger partial charge is 0.253 e. The zero-order valence-corrected chi connectivity index (χ0v) is 17.5. The van der Waals surface area contributed by atoms with Crippen LogP contribution < -0.4 is 4.74 Å². The first kappa shape index (κ1) is 18.9. The number of nitrogens with one attached hydrogen (secondary N) is 1. The molecule has 0 unspecified atom stereocenters. The zero-order chi connectivity index (χ0) is 21.0. The maximum absolute atomic E-state index is 13.1. The van der Waals surface area contributed by atoms with Crippen molar-refractivity contribution < 1.29 is 14.3 Å². The second-order valence-corrected chi connectivity index (χ2v) is 8.66. The SMILES string of the molecule is Cc1nc2ccc(C(=O)N3CCC4(CC3)CC(=O)c3cc(C)c(C)cc3O4)cc2[nH]1. The topological polar surface area (TPSA) is 75.3 Å². The van der Waals surface area contributed by atoms with Gasteiger partial charge >= 0.3 is 0 Å². The Bertz CT molecular complexity index is 1190. The molecular weight excluding hydrogens is 378 g/mol. The Kier molecular flexibility index (Phi) is 4.20. The highest BCUT2D eigenvalue weighted by Crippen LogP contribution is 2.40. The van der Waals surface area contributed by atoms with Crippen LogP contribution in [0.5, 0.6) is 5.75 Å². The van der Waals surface area contributed by atoms with Crippen LogP contribution in [0.15, 0.2) is 30.3 Å². The highest BCUT2D eigenvalue weighted by atomic mass is 16.5. The Hall–Kier alpha value is -3.15. The molecule has 0 bridgehead atoms. The fourth-order valence-corrected chi connectivity index (χ4v) is 4.60. The van der Waals surface area contributed by atoms with Crippen LogP contribution in [0.25, 0.3) is 11.0 Å². The molecule has 3 heterocycles. The molecule has 3 aromatic rings. The minimum Gasteiger partial charge on any atom is -0.486 e. The molecule has 1 saturated heterocycles. The number of ketones is 1. The van der Waals surface area contributed by atoms with Gasteiger partial charge in [-0.3, -0.25) is 9.59 Å². The number of ether oxygens (including phenoxy) is 1. The number of amides is 1. The maximum atomic E-state index is 13.1. The number of aromatic amines is 1. The Morgan fingerprint density at radius 3 is 2.60 bits per heavy atom. The number of likely N-dealkylation sites (tertiary alicyclic amines) is 1. The van der Waals surface area contributed by atoms with E-state index in [4.69, 9.17) is 4.74 Å². The van der Waals surface area contributed by atoms with Gasteiger partial charge in [0.1, 0.15) is 17.2 Å². The molecule has 1 N–H and O–H groups in total. The van der Waals surface area contributed by atoms with Crippen molar-refractivity contribution in [2.75, 3.05) is 13.1 Å². The van der Waals surface area contributed by atoms with Gasteiger partial charge in [0.25, 0.3) is 5.91 Å². The maximum Gasteiger partial charge on any atom is 0.253 e. The monoisotopic (exact) mass is 403 g/mol. The largest absolute Gasteiger partial charge is 0.486 e. The predicted molar refractivity (Wildman–Crippen MR) is 114 cm³/mol. The quantitative estimate of drug-likeness (QED) is 0.663. The van der Waals surface area contributed by atoms with Crippen molar-refractivity contribution in [2.24, 2.45) is 0 Å². The van der Waals surface area contributed by atoms with Crippen molar-refractivity contribution in [1.82, 2.24) is 14.9 Å². The third-order valence-corrected chi connectivity index (χ3v) is 6.51. The lowest BCUT2D eigenvalue weighted by Crippen LogP contribution is -2.52. The van der Waals surface area contributed by atoms with Crippen LogP contribution in [-0.2, 0) is 0 Å². The van der Waals surface area contributed by atoms with Crippen LogP contribution in [-0.4, -0.2) is 45.2 Å². The van der Waals surface area contributed by atoms with Crippen LogP contribution in [0.2, 0.25) is 0 Å². The number of imidazole rings is 1. The molecule has 30 heavy (non-hydrogen) atoms. The number of nitrogens with zero attached hydrogens (tertiary/aromatic N) is 2. The lowest BCUT2D eigenvalue weighted by molar-refractivity contribution is -0.00575. The van der Waals surface area contributed by atoms with Crippen molar-refractivity contribution >= 4 is 22.7 Å². The van der Waals surface area contributed by atoms with Gasteiger partial charge in [0.2, 0.25) is 0 Å². The van der Waals surface area contributed by atoms with Gasteiger partial charge in [-0.2, -0.15) is 0 Å². The molecule has 6 heteroatoms. The number of aromatic nitrogens is 2. The number of benzene rings is 2. The zero-order valence-electron chi connectivity index (χ0n) is 17.5. The minimum atomic E-state index is -0.507. The third kappa shape index (κ3) is 3.07. The molecule has 1 aromatic heterocycles. The minimum absolute atomic E-state index is 0.00742. The van der Waals surface area contributed by atoms with E-state index in [9.17, 15) is 9.59 Å². The van der Waals surface area contributed by atoms with Crippen LogP contribution in [0.4, 0.5) is 0 Å². The molecule has 1 amide bonds. The first-order valence-electron chi connectivity index (χ1n) is 10.4. The van der Waals surface area contributed by atoms with E-state index in [-0.39, 0.29) is 11.7 Å². The molecule has 0 atom stereocenters. The molecule has 154 valence electrons. The number of carbonyl (C=O) groups is 2. The van der Waals surface area contributed by atoms with Gasteiger partial charge in [0.15, 0.2) is 5.78 Å². The number of fused-ring (bicyclic) bond motifs is 2. The second-order valence-electron chi connectivity index (χ2n) is 8.66. The van der Waals surface area contributed by atoms with Crippen LogP contribution in [0.1, 0.15) is 56.9 Å². The van der Waals surface area contributed by atoms with Gasteiger partial charge < -0.3 is 14.6 Å². The molecule has 2 aliphatic rings. The van der Waals surface area contributed by atoms with Gasteiger partial charge in [-0.25, -0.2) is 4.98 Å². The van der Waals surface area contributed by atoms with Gasteiger partial charge in [-0.05, 0) is 62.2 Å². The summed E-state index contributed by atoms with van der Waals surface area (Å²) >= 11 is 0. The van der Waals surface area contributed by atoms with E-state index in [2.05, 4.69) is 9.97 Å². The molecule has 0 radical (unpaired) electrons. The van der Waals surface area contributed by atoms with Gasteiger partial charge in [-0.15, -0.1) is 0 Å². The Balaban J connectivity index is 1.33. The number of piperidine rings is 1. The number of aryl methyl sites for hydroxylation is 3. The van der Waals surface area contributed by atoms with Crippen LogP contribution >= 0.6 is 0 Å². The number of hydrogen-bond donors (Lipinski definition) is 1. The van der Waals surface area contributed by atoms with Crippen LogP contribution in [0, 0.1) is 20.8 Å². The average molecular weight is 403 g/mol. The molecule has 1 fully saturated rings. The molecule has 5 rings (SSSR count). The van der Waals surface area contributed by atoms with E-state index < -0.39 is 5.60 Å². The van der Waals surface area contributed by atoms with Crippen molar-refractivity contribution in [3.8, 4) is 5.75 Å². The summed E-state index contributed by atoms with van der Waals surface area (Å²) in [5.41, 5.74) is 4.79. The van der Waals surface area contributed by atoms with Crippen molar-refractivity contribution in [1.29, 1.82) is 0 Å². The fourth-order valence-electron chi connectivity index (χ4n) is 4.60. The predicted octanol–water partition coefficient (Wildman–Crippen LogP) is 4.13. The average Bonchev–Trinajstić information content (AvgIpc) is 3.09. The molecule has 2 aliphatic heterocycles. The van der Waals surface area contributed by atoms with Gasteiger partial charge in [-0.1, -0.05) is 0 Å². The van der Waals surface area contributed by atoms with E-state index in [1.54, 1.807) is 0 Å². The molecule has 2 aromatic carbocycles. The normalized spacial score (nSPS) is 17.8. The number of H-pyrrole nitrogens is 1. The van der Waals surface area contributed by atoms with E-state index in [1.807, 2.05) is 56.0 Å². The first-order chi connectivity index (χ1) is 14.3. The third-order valence-electron chi connectivity index (χ3n) is 6.51. The summed E-state index contributed by atoms with van der Waals surface area (Å²) in [5.74, 6) is 1.67. The summed E-state index contributed by atoms with van der Waals surface area (Å²) in [5, 5.41) is 0. The summed E-state index contributed by atoms with van der Waals surface area (Å²) in [4.78, 5) is 35.3. The van der Waals surface area contributed by atoms with E-state index in [0.29, 0.717) is 49.2 Å². The summed E-state index contributed by atoms with van der Waals surface area (Å²) in [6, 6.07) is 9.48. The highest BCUT2D eigenvalue weighted by molar-refractivity contribution is 6.01. The number of Topliss-reactive ketones (excluding diaryl/α,β-unsaturated/α-hetero) is 1. The first-order valence-corrected chi connectivity index (χ1v) is 10.4. The number of carbonyl (C=O) groups excluding carboxylic acids is 2. The fraction of sp³-hybridized carbons (Fsp3) is 0.375. The molecular formula is C24H25N3O3.